The van der Waals surface area contributed by atoms with Gasteiger partial charge in [-0.2, -0.15) is 0 Å². The number of carboxylic acid groups (broad SMARTS) is 1. The molecule has 1 aromatic carbocycles. The van der Waals surface area contributed by atoms with Crippen molar-refractivity contribution in [2.45, 2.75) is 31.0 Å². The van der Waals surface area contributed by atoms with Gasteiger partial charge in [-0.15, -0.1) is 0 Å². The number of carboxylic acids is 1. The molecule has 12 nitrogen and oxygen atoms in total. The molecule has 1 heterocycles. The molecule has 2 aromatic rings. The third-order valence-electron chi connectivity index (χ3n) is 4.53. The number of aromatic nitrogens is 2. The van der Waals surface area contributed by atoms with Crippen molar-refractivity contribution in [3.05, 3.63) is 54.1 Å². The topological polar surface area (TPSA) is 200 Å². The van der Waals surface area contributed by atoms with Gasteiger partial charge in [0.05, 0.1) is 19.5 Å². The summed E-state index contributed by atoms with van der Waals surface area (Å²) in [5.74, 6) is -3.46. The molecule has 172 valence electrons. The smallest absolute Gasteiger partial charge is 0.328 e. The van der Waals surface area contributed by atoms with Gasteiger partial charge in [0.15, 0.2) is 0 Å². The van der Waals surface area contributed by atoms with Crippen LogP contribution in [0, 0.1) is 0 Å². The molecule has 0 radical (unpaired) electrons. The second-order valence-electron chi connectivity index (χ2n) is 6.94. The molecule has 1 aromatic heterocycles. The Kier molecular flexibility index (Phi) is 9.32. The number of nitrogens with two attached hydrogens (primary N) is 1. The molecule has 2 rings (SSSR count). The van der Waals surface area contributed by atoms with E-state index >= 15 is 0 Å². The highest BCUT2D eigenvalue weighted by atomic mass is 16.4. The molecule has 3 unspecified atom stereocenters. The number of carbonyl (C=O) groups excluding carboxylic acids is 3. The minimum Gasteiger partial charge on any atom is -0.480 e. The first-order chi connectivity index (χ1) is 15.3. The van der Waals surface area contributed by atoms with Gasteiger partial charge < -0.3 is 36.9 Å². The Hall–Kier alpha value is -3.77. The molecule has 3 atom stereocenters. The number of nitrogens with zero attached hydrogens (tertiary/aromatic N) is 1. The number of aliphatic hydroxyl groups excluding tert-OH is 1. The van der Waals surface area contributed by atoms with E-state index in [4.69, 9.17) is 10.8 Å². The van der Waals surface area contributed by atoms with Crippen molar-refractivity contribution < 1.29 is 29.4 Å². The van der Waals surface area contributed by atoms with Crippen LogP contribution in [0.3, 0.4) is 0 Å². The molecule has 0 spiro atoms. The highest BCUT2D eigenvalue weighted by Crippen LogP contribution is 2.06. The molecule has 0 saturated carbocycles. The van der Waals surface area contributed by atoms with Crippen molar-refractivity contribution in [3.63, 3.8) is 0 Å². The molecular formula is C20H26N6O6. The van der Waals surface area contributed by atoms with Crippen LogP contribution in [0.25, 0.3) is 0 Å². The molecule has 0 fully saturated rings. The number of aliphatic hydroxyl groups is 1. The third-order valence-corrected chi connectivity index (χ3v) is 4.53. The number of amides is 3. The van der Waals surface area contributed by atoms with Gasteiger partial charge in [-0.3, -0.25) is 14.4 Å². The normalized spacial score (nSPS) is 13.4. The fraction of sp³-hybridized carbons (Fsp3) is 0.350. The van der Waals surface area contributed by atoms with Crippen molar-refractivity contribution in [1.29, 1.82) is 0 Å². The number of aromatic amines is 1. The van der Waals surface area contributed by atoms with Crippen LogP contribution in [0.4, 0.5) is 0 Å². The number of carbonyl (C=O) groups is 4. The average Bonchev–Trinajstić information content (AvgIpc) is 3.29. The number of nitrogens with one attached hydrogen (secondary N) is 4. The first-order valence-corrected chi connectivity index (χ1v) is 9.79. The summed E-state index contributed by atoms with van der Waals surface area (Å²) in [7, 11) is 0. The van der Waals surface area contributed by atoms with E-state index in [1.165, 1.54) is 12.5 Å². The Morgan fingerprint density at radius 2 is 1.59 bits per heavy atom. The van der Waals surface area contributed by atoms with Crippen LogP contribution in [0.1, 0.15) is 11.3 Å². The number of benzene rings is 1. The Labute approximate surface area is 183 Å². The van der Waals surface area contributed by atoms with E-state index in [1.807, 2.05) is 0 Å². The predicted molar refractivity (Wildman–Crippen MR) is 112 cm³/mol. The molecule has 0 aliphatic heterocycles. The van der Waals surface area contributed by atoms with Gasteiger partial charge in [-0.25, -0.2) is 9.78 Å². The lowest BCUT2D eigenvalue weighted by Gasteiger charge is -2.24. The molecule has 0 saturated heterocycles. The van der Waals surface area contributed by atoms with Crippen LogP contribution in [0.15, 0.2) is 42.9 Å². The molecule has 0 aliphatic rings. The Bertz CT molecular complexity index is 905. The Balaban J connectivity index is 2.21. The summed E-state index contributed by atoms with van der Waals surface area (Å²) < 4.78 is 0. The van der Waals surface area contributed by atoms with Crippen LogP contribution >= 0.6 is 0 Å². The summed E-state index contributed by atoms with van der Waals surface area (Å²) in [5, 5.41) is 25.6. The van der Waals surface area contributed by atoms with Gasteiger partial charge in [-0.05, 0) is 5.56 Å². The van der Waals surface area contributed by atoms with E-state index in [-0.39, 0.29) is 19.4 Å². The van der Waals surface area contributed by atoms with Crippen LogP contribution in [-0.2, 0) is 32.0 Å². The van der Waals surface area contributed by atoms with Crippen molar-refractivity contribution in [2.75, 3.05) is 13.2 Å². The fourth-order valence-corrected chi connectivity index (χ4v) is 2.87. The Morgan fingerprint density at radius 3 is 2.12 bits per heavy atom. The van der Waals surface area contributed by atoms with Crippen LogP contribution in [0.5, 0.6) is 0 Å². The van der Waals surface area contributed by atoms with Crippen LogP contribution in [0.2, 0.25) is 0 Å². The maximum Gasteiger partial charge on any atom is 0.328 e. The maximum absolute atomic E-state index is 13.0. The fourth-order valence-electron chi connectivity index (χ4n) is 2.87. The van der Waals surface area contributed by atoms with Crippen molar-refractivity contribution in [3.8, 4) is 0 Å². The van der Waals surface area contributed by atoms with E-state index in [9.17, 15) is 24.3 Å². The summed E-state index contributed by atoms with van der Waals surface area (Å²) in [5.41, 5.74) is 6.61. The summed E-state index contributed by atoms with van der Waals surface area (Å²) in [4.78, 5) is 55.4. The standard InChI is InChI=1S/C20H26N6O6/c21-8-17(28)24-15(7-13-9-22-11-23-13)19(30)25-14(6-12-4-2-1-3-5-12)18(29)26-16(10-27)20(31)32/h1-5,9,11,14-16,27H,6-8,10,21H2,(H,22,23)(H,24,28)(H,25,30)(H,26,29)(H,31,32). The van der Waals surface area contributed by atoms with E-state index in [0.29, 0.717) is 11.3 Å². The minimum absolute atomic E-state index is 0.0534. The molecule has 12 heteroatoms. The van der Waals surface area contributed by atoms with Gasteiger partial charge in [0.1, 0.15) is 18.1 Å². The first kappa shape index (κ1) is 24.5. The monoisotopic (exact) mass is 446 g/mol. The number of aliphatic carboxylic acids is 1. The zero-order valence-corrected chi connectivity index (χ0v) is 17.2. The zero-order chi connectivity index (χ0) is 23.5. The lowest BCUT2D eigenvalue weighted by molar-refractivity contribution is -0.143. The molecule has 3 amide bonds. The van der Waals surface area contributed by atoms with E-state index in [2.05, 4.69) is 25.9 Å². The number of rotatable bonds is 12. The lowest BCUT2D eigenvalue weighted by Crippen LogP contribution is -2.57. The summed E-state index contributed by atoms with van der Waals surface area (Å²) >= 11 is 0. The van der Waals surface area contributed by atoms with E-state index < -0.39 is 48.4 Å². The van der Waals surface area contributed by atoms with Crippen molar-refractivity contribution >= 4 is 23.7 Å². The largest absolute Gasteiger partial charge is 0.480 e. The number of hydrogen-bond acceptors (Lipinski definition) is 7. The van der Waals surface area contributed by atoms with Gasteiger partial charge in [-0.1, -0.05) is 30.3 Å². The Morgan fingerprint density at radius 1 is 0.969 bits per heavy atom. The van der Waals surface area contributed by atoms with E-state index in [1.54, 1.807) is 30.3 Å². The van der Waals surface area contributed by atoms with Gasteiger partial charge >= 0.3 is 5.97 Å². The third kappa shape index (κ3) is 7.49. The van der Waals surface area contributed by atoms with Gasteiger partial charge in [0.2, 0.25) is 17.7 Å². The summed E-state index contributed by atoms with van der Waals surface area (Å²) in [6, 6.07) is 5.01. The summed E-state index contributed by atoms with van der Waals surface area (Å²) in [6.45, 7) is -1.15. The number of imidazole rings is 1. The summed E-state index contributed by atoms with van der Waals surface area (Å²) in [6.07, 6.45) is 3.02. The SMILES string of the molecule is NCC(=O)NC(Cc1cnc[nH]1)C(=O)NC(Cc1ccccc1)C(=O)NC(CO)C(=O)O. The van der Waals surface area contributed by atoms with Crippen LogP contribution in [-0.4, -0.2) is 75.1 Å². The maximum atomic E-state index is 13.0. The molecule has 8 N–H and O–H groups in total. The van der Waals surface area contributed by atoms with E-state index in [0.717, 1.165) is 0 Å². The second kappa shape index (κ2) is 12.2. The number of H-pyrrole nitrogens is 1. The molecule has 32 heavy (non-hydrogen) atoms. The van der Waals surface area contributed by atoms with Gasteiger partial charge in [0.25, 0.3) is 0 Å². The quantitative estimate of drug-likeness (QED) is 0.188. The second-order valence-corrected chi connectivity index (χ2v) is 6.94. The minimum atomic E-state index is -1.53. The van der Waals surface area contributed by atoms with Crippen molar-refractivity contribution in [1.82, 2.24) is 25.9 Å². The lowest BCUT2D eigenvalue weighted by atomic mass is 10.0. The highest BCUT2D eigenvalue weighted by molar-refractivity contribution is 5.93. The zero-order valence-electron chi connectivity index (χ0n) is 17.2. The molecule has 0 bridgehead atoms. The highest BCUT2D eigenvalue weighted by Gasteiger charge is 2.29. The van der Waals surface area contributed by atoms with Crippen molar-refractivity contribution in [2.24, 2.45) is 5.73 Å². The van der Waals surface area contributed by atoms with Gasteiger partial charge in [0, 0.05) is 24.7 Å². The molecular weight excluding hydrogens is 420 g/mol. The first-order valence-electron chi connectivity index (χ1n) is 9.79. The molecule has 0 aliphatic carbocycles. The van der Waals surface area contributed by atoms with Crippen LogP contribution < -0.4 is 21.7 Å². The number of hydrogen-bond donors (Lipinski definition) is 7. The predicted octanol–water partition coefficient (Wildman–Crippen LogP) is -2.32. The average molecular weight is 446 g/mol.